The third-order valence-corrected chi connectivity index (χ3v) is 7.36. The van der Waals surface area contributed by atoms with E-state index >= 15 is 0 Å². The largest absolute Gasteiger partial charge is 0.376 e. The number of rotatable bonds is 4. The van der Waals surface area contributed by atoms with Gasteiger partial charge < -0.3 is 15.0 Å². The maximum absolute atomic E-state index is 5.75. The number of aliphatic imine (C=N–C) groups is 1. The topological polar surface area (TPSA) is 40.1 Å². The van der Waals surface area contributed by atoms with E-state index in [2.05, 4.69) is 72.2 Å². The van der Waals surface area contributed by atoms with Gasteiger partial charge in [-0.1, -0.05) is 19.9 Å². The molecule has 0 bridgehead atoms. The van der Waals surface area contributed by atoms with Crippen molar-refractivity contribution in [3.05, 3.63) is 22.4 Å². The summed E-state index contributed by atoms with van der Waals surface area (Å²) in [6, 6.07) is 4.75. The Kier molecular flexibility index (Phi) is 7.61. The number of likely N-dealkylation sites (tertiary alicyclic amines) is 1. The van der Waals surface area contributed by atoms with Crippen LogP contribution in [-0.4, -0.2) is 67.2 Å². The van der Waals surface area contributed by atoms with Gasteiger partial charge in [-0.15, -0.1) is 35.3 Å². The van der Waals surface area contributed by atoms with E-state index in [9.17, 15) is 0 Å². The fraction of sp³-hybridized carbons (Fsp3) is 0.750. The minimum absolute atomic E-state index is 0. The van der Waals surface area contributed by atoms with Gasteiger partial charge in [0, 0.05) is 49.1 Å². The van der Waals surface area contributed by atoms with Gasteiger partial charge in [-0.05, 0) is 32.2 Å². The monoisotopic (exact) mass is 506 g/mol. The molecule has 154 valence electrons. The Labute approximate surface area is 185 Å². The highest BCUT2D eigenvalue weighted by Crippen LogP contribution is 2.46. The quantitative estimate of drug-likeness (QED) is 0.383. The van der Waals surface area contributed by atoms with Crippen LogP contribution in [-0.2, 0) is 4.74 Å². The van der Waals surface area contributed by atoms with Crippen molar-refractivity contribution in [2.24, 2.45) is 10.4 Å². The summed E-state index contributed by atoms with van der Waals surface area (Å²) in [5, 5.41) is 5.83. The van der Waals surface area contributed by atoms with Gasteiger partial charge in [-0.25, -0.2) is 0 Å². The number of hydrogen-bond donors (Lipinski definition) is 1. The molecule has 2 aliphatic heterocycles. The SMILES string of the molecule is CN=C(NCC(c1cccs1)N1CCOC(C)C1)N1CC(C)(C)C1(C)C.I. The molecule has 27 heavy (non-hydrogen) atoms. The van der Waals surface area contributed by atoms with Crippen LogP contribution in [0.1, 0.15) is 45.5 Å². The van der Waals surface area contributed by atoms with Crippen LogP contribution in [0, 0.1) is 5.41 Å². The molecule has 3 rings (SSSR count). The summed E-state index contributed by atoms with van der Waals surface area (Å²) in [7, 11) is 1.89. The average Bonchev–Trinajstić information content (AvgIpc) is 3.11. The highest BCUT2D eigenvalue weighted by molar-refractivity contribution is 14.0. The van der Waals surface area contributed by atoms with E-state index in [0.29, 0.717) is 17.6 Å². The third-order valence-electron chi connectivity index (χ3n) is 6.39. The predicted octanol–water partition coefficient (Wildman–Crippen LogP) is 3.82. The van der Waals surface area contributed by atoms with Crippen molar-refractivity contribution in [3.8, 4) is 0 Å². The number of guanidine groups is 1. The lowest BCUT2D eigenvalue weighted by Gasteiger charge is -2.62. The summed E-state index contributed by atoms with van der Waals surface area (Å²) in [6.45, 7) is 16.1. The van der Waals surface area contributed by atoms with Crippen LogP contribution in [0.15, 0.2) is 22.5 Å². The van der Waals surface area contributed by atoms with Gasteiger partial charge in [0.15, 0.2) is 5.96 Å². The van der Waals surface area contributed by atoms with Gasteiger partial charge in [-0.2, -0.15) is 0 Å². The van der Waals surface area contributed by atoms with Gasteiger partial charge in [0.2, 0.25) is 0 Å². The van der Waals surface area contributed by atoms with E-state index in [1.165, 1.54) is 4.88 Å². The van der Waals surface area contributed by atoms with Gasteiger partial charge in [0.05, 0.1) is 18.8 Å². The number of halogens is 1. The number of thiophene rings is 1. The zero-order chi connectivity index (χ0) is 18.9. The molecule has 7 heteroatoms. The second kappa shape index (κ2) is 8.97. The van der Waals surface area contributed by atoms with Crippen molar-refractivity contribution in [1.29, 1.82) is 0 Å². The average molecular weight is 506 g/mol. The van der Waals surface area contributed by atoms with Gasteiger partial charge in [0.1, 0.15) is 0 Å². The first-order valence-corrected chi connectivity index (χ1v) is 10.5. The minimum atomic E-state index is 0. The van der Waals surface area contributed by atoms with Crippen LogP contribution in [0.5, 0.6) is 0 Å². The molecule has 3 heterocycles. The van der Waals surface area contributed by atoms with Crippen LogP contribution in [0.3, 0.4) is 0 Å². The van der Waals surface area contributed by atoms with Crippen molar-refractivity contribution in [2.75, 3.05) is 39.8 Å². The number of ether oxygens (including phenoxy) is 1. The normalized spacial score (nSPS) is 26.1. The first-order chi connectivity index (χ1) is 12.3. The molecule has 2 atom stereocenters. The second-order valence-corrected chi connectivity index (χ2v) is 9.64. The predicted molar refractivity (Wildman–Crippen MR) is 125 cm³/mol. The van der Waals surface area contributed by atoms with E-state index in [0.717, 1.165) is 38.7 Å². The van der Waals surface area contributed by atoms with Crippen molar-refractivity contribution in [2.45, 2.75) is 52.3 Å². The Bertz CT molecular complexity index is 632. The number of morpholine rings is 1. The van der Waals surface area contributed by atoms with Crippen molar-refractivity contribution in [1.82, 2.24) is 15.1 Å². The zero-order valence-corrected chi connectivity index (χ0v) is 20.6. The van der Waals surface area contributed by atoms with Gasteiger partial charge in [0.25, 0.3) is 0 Å². The molecule has 5 nitrogen and oxygen atoms in total. The summed E-state index contributed by atoms with van der Waals surface area (Å²) in [6.07, 6.45) is 0.292. The van der Waals surface area contributed by atoms with E-state index in [1.807, 2.05) is 18.4 Å². The number of nitrogens with zero attached hydrogens (tertiary/aromatic N) is 3. The number of nitrogens with one attached hydrogen (secondary N) is 1. The molecule has 0 aliphatic carbocycles. The smallest absolute Gasteiger partial charge is 0.194 e. The van der Waals surface area contributed by atoms with Crippen LogP contribution in [0.2, 0.25) is 0 Å². The van der Waals surface area contributed by atoms with E-state index in [-0.39, 0.29) is 29.5 Å². The molecule has 0 spiro atoms. The Balaban J connectivity index is 0.00000261. The fourth-order valence-electron chi connectivity index (χ4n) is 3.90. The molecule has 2 fully saturated rings. The standard InChI is InChI=1S/C20H34N4OS.HI/c1-15-13-23(9-10-25-15)16(17-8-7-11-26-17)12-22-18(21-6)24-14-19(2,3)20(24,4)5;/h7-8,11,15-16H,9-10,12-14H2,1-6H3,(H,21,22);1H. The number of hydrogen-bond acceptors (Lipinski definition) is 4. The van der Waals surface area contributed by atoms with Crippen LogP contribution in [0.25, 0.3) is 0 Å². The molecule has 1 aromatic heterocycles. The second-order valence-electron chi connectivity index (χ2n) is 8.66. The highest BCUT2D eigenvalue weighted by Gasteiger charge is 2.53. The summed E-state index contributed by atoms with van der Waals surface area (Å²) >= 11 is 1.84. The summed E-state index contributed by atoms with van der Waals surface area (Å²) in [4.78, 5) is 10.9. The maximum Gasteiger partial charge on any atom is 0.194 e. The van der Waals surface area contributed by atoms with E-state index < -0.39 is 0 Å². The van der Waals surface area contributed by atoms with E-state index in [4.69, 9.17) is 4.74 Å². The van der Waals surface area contributed by atoms with Gasteiger partial charge >= 0.3 is 0 Å². The highest BCUT2D eigenvalue weighted by atomic mass is 127. The lowest BCUT2D eigenvalue weighted by molar-refractivity contribution is -0.0673. The molecule has 2 aliphatic rings. The molecule has 1 aromatic rings. The molecule has 0 saturated carbocycles. The summed E-state index contributed by atoms with van der Waals surface area (Å²) in [5.41, 5.74) is 0.415. The summed E-state index contributed by atoms with van der Waals surface area (Å²) in [5.74, 6) is 1.01. The van der Waals surface area contributed by atoms with Crippen LogP contribution in [0.4, 0.5) is 0 Å². The molecular weight excluding hydrogens is 471 g/mol. The molecule has 1 N–H and O–H groups in total. The van der Waals surface area contributed by atoms with Crippen molar-refractivity contribution >= 4 is 41.3 Å². The van der Waals surface area contributed by atoms with Crippen LogP contribution < -0.4 is 5.32 Å². The van der Waals surface area contributed by atoms with Gasteiger partial charge in [-0.3, -0.25) is 9.89 Å². The Morgan fingerprint density at radius 1 is 1.41 bits per heavy atom. The van der Waals surface area contributed by atoms with E-state index in [1.54, 1.807) is 0 Å². The maximum atomic E-state index is 5.75. The van der Waals surface area contributed by atoms with Crippen molar-refractivity contribution in [3.63, 3.8) is 0 Å². The summed E-state index contributed by atoms with van der Waals surface area (Å²) < 4.78 is 5.75. The Hall–Kier alpha value is -0.380. The zero-order valence-electron chi connectivity index (χ0n) is 17.5. The minimum Gasteiger partial charge on any atom is -0.376 e. The first kappa shape index (κ1) is 22.9. The van der Waals surface area contributed by atoms with Crippen LogP contribution >= 0.6 is 35.3 Å². The van der Waals surface area contributed by atoms with Crippen molar-refractivity contribution < 1.29 is 4.74 Å². The third kappa shape index (κ3) is 4.62. The molecule has 2 unspecified atom stereocenters. The lowest BCUT2D eigenvalue weighted by Crippen LogP contribution is -2.72. The first-order valence-electron chi connectivity index (χ1n) is 9.63. The molecular formula is C20H35IN4OS. The molecule has 0 radical (unpaired) electrons. The Morgan fingerprint density at radius 3 is 2.67 bits per heavy atom. The fourth-order valence-corrected chi connectivity index (χ4v) is 4.76. The molecule has 0 aromatic carbocycles. The Morgan fingerprint density at radius 2 is 2.15 bits per heavy atom. The molecule has 0 amide bonds. The lowest BCUT2D eigenvalue weighted by atomic mass is 9.65. The molecule has 2 saturated heterocycles.